The molecule has 1 fully saturated rings. The third-order valence-corrected chi connectivity index (χ3v) is 8.73. The number of piperazine rings is 1. The van der Waals surface area contributed by atoms with Crippen molar-refractivity contribution in [1.29, 1.82) is 0 Å². The predicted octanol–water partition coefficient (Wildman–Crippen LogP) is 4.75. The van der Waals surface area contributed by atoms with E-state index in [-0.39, 0.29) is 24.2 Å². The van der Waals surface area contributed by atoms with E-state index in [2.05, 4.69) is 47.4 Å². The zero-order valence-corrected chi connectivity index (χ0v) is 26.8. The van der Waals surface area contributed by atoms with Crippen LogP contribution in [0.5, 0.6) is 0 Å². The summed E-state index contributed by atoms with van der Waals surface area (Å²) >= 11 is 6.48. The molecule has 0 bridgehead atoms. The second kappa shape index (κ2) is 13.0. The fourth-order valence-corrected chi connectivity index (χ4v) is 5.91. The Hall–Kier alpha value is -4.68. The molecule has 2 aromatic heterocycles. The van der Waals surface area contributed by atoms with Crippen molar-refractivity contribution in [2.45, 2.75) is 39.4 Å². The van der Waals surface area contributed by atoms with Gasteiger partial charge in [0.2, 0.25) is 11.9 Å². The third-order valence-electron chi connectivity index (χ3n) is 8.45. The Morgan fingerprint density at radius 1 is 1.02 bits per heavy atom. The molecular formula is C33H35ClFN9O2. The van der Waals surface area contributed by atoms with E-state index in [0.717, 1.165) is 37.4 Å². The van der Waals surface area contributed by atoms with Gasteiger partial charge >= 0.3 is 0 Å². The Morgan fingerprint density at radius 3 is 2.57 bits per heavy atom. The lowest BCUT2D eigenvalue weighted by Crippen LogP contribution is -2.46. The van der Waals surface area contributed by atoms with E-state index >= 15 is 0 Å². The summed E-state index contributed by atoms with van der Waals surface area (Å²) in [4.78, 5) is 50.1. The van der Waals surface area contributed by atoms with Crippen molar-refractivity contribution in [3.8, 4) is 11.3 Å². The number of nitrogens with one attached hydrogen (secondary N) is 2. The van der Waals surface area contributed by atoms with Crippen LogP contribution in [0.15, 0.2) is 54.9 Å². The molecular weight excluding hydrogens is 609 g/mol. The van der Waals surface area contributed by atoms with E-state index in [0.29, 0.717) is 45.0 Å². The van der Waals surface area contributed by atoms with Gasteiger partial charge in [0.15, 0.2) is 0 Å². The van der Waals surface area contributed by atoms with E-state index in [1.54, 1.807) is 32.2 Å². The smallest absolute Gasteiger partial charge is 0.255 e. The molecule has 4 heterocycles. The Morgan fingerprint density at radius 2 is 1.80 bits per heavy atom. The molecule has 4 aromatic rings. The van der Waals surface area contributed by atoms with Crippen LogP contribution in [0.25, 0.3) is 11.3 Å². The lowest BCUT2D eigenvalue weighted by Gasteiger charge is -2.34. The second-order valence-electron chi connectivity index (χ2n) is 11.7. The summed E-state index contributed by atoms with van der Waals surface area (Å²) in [5, 5.41) is 6.36. The Balaban J connectivity index is 1.15. The number of halogens is 2. The van der Waals surface area contributed by atoms with Crippen LogP contribution < -0.4 is 15.5 Å². The maximum absolute atomic E-state index is 14.7. The van der Waals surface area contributed by atoms with Crippen LogP contribution in [-0.2, 0) is 11.3 Å². The first-order valence-electron chi connectivity index (χ1n) is 15.1. The summed E-state index contributed by atoms with van der Waals surface area (Å²) in [5.74, 6) is 0.485. The normalized spacial score (nSPS) is 16.3. The number of aromatic nitrogens is 4. The minimum Gasteiger partial charge on any atom is -0.369 e. The van der Waals surface area contributed by atoms with E-state index in [9.17, 15) is 14.0 Å². The average molecular weight is 644 g/mol. The molecule has 0 spiro atoms. The Kier molecular flexibility index (Phi) is 8.83. The molecule has 2 N–H and O–H groups in total. The van der Waals surface area contributed by atoms with Crippen LogP contribution in [-0.4, -0.2) is 80.8 Å². The van der Waals surface area contributed by atoms with Crippen LogP contribution >= 0.6 is 11.6 Å². The van der Waals surface area contributed by atoms with Gasteiger partial charge in [-0.1, -0.05) is 23.7 Å². The van der Waals surface area contributed by atoms with Gasteiger partial charge in [0.05, 0.1) is 23.0 Å². The van der Waals surface area contributed by atoms with Gasteiger partial charge in [-0.2, -0.15) is 0 Å². The van der Waals surface area contributed by atoms with Crippen LogP contribution in [0.2, 0.25) is 5.02 Å². The van der Waals surface area contributed by atoms with Gasteiger partial charge in [0.25, 0.3) is 5.91 Å². The molecule has 46 heavy (non-hydrogen) atoms. The van der Waals surface area contributed by atoms with Crippen molar-refractivity contribution in [2.24, 2.45) is 0 Å². The number of fused-ring (bicyclic) bond motifs is 1. The summed E-state index contributed by atoms with van der Waals surface area (Å²) in [5.41, 5.74) is 3.82. The number of carbonyl (C=O) groups excluding carboxylic acids is 2. The Labute approximate surface area is 271 Å². The quantitative estimate of drug-likeness (QED) is 0.280. The third kappa shape index (κ3) is 6.63. The molecule has 6 rings (SSSR count). The summed E-state index contributed by atoms with van der Waals surface area (Å²) < 4.78 is 14.7. The van der Waals surface area contributed by atoms with Gasteiger partial charge in [-0.3, -0.25) is 9.59 Å². The second-order valence-corrected chi connectivity index (χ2v) is 12.2. The first-order valence-corrected chi connectivity index (χ1v) is 15.5. The molecule has 238 valence electrons. The molecule has 2 unspecified atom stereocenters. The molecule has 2 aromatic carbocycles. The average Bonchev–Trinajstić information content (AvgIpc) is 3.37. The van der Waals surface area contributed by atoms with Crippen LogP contribution in [0.1, 0.15) is 47.2 Å². The van der Waals surface area contributed by atoms with Gasteiger partial charge in [-0.15, -0.1) is 0 Å². The molecule has 11 nitrogen and oxygen atoms in total. The van der Waals surface area contributed by atoms with Gasteiger partial charge in [0.1, 0.15) is 23.5 Å². The van der Waals surface area contributed by atoms with Crippen molar-refractivity contribution in [3.05, 3.63) is 88.2 Å². The van der Waals surface area contributed by atoms with Crippen molar-refractivity contribution in [1.82, 2.24) is 35.1 Å². The van der Waals surface area contributed by atoms with E-state index in [1.165, 1.54) is 23.2 Å². The molecule has 2 aliphatic rings. The largest absolute Gasteiger partial charge is 0.369 e. The molecule has 2 atom stereocenters. The minimum absolute atomic E-state index is 0.268. The highest BCUT2D eigenvalue weighted by Crippen LogP contribution is 2.33. The predicted molar refractivity (Wildman–Crippen MR) is 175 cm³/mol. The highest BCUT2D eigenvalue weighted by Gasteiger charge is 2.35. The first kappa shape index (κ1) is 31.3. The maximum Gasteiger partial charge on any atom is 0.255 e. The number of nitrogens with zero attached hydrogens (tertiary/aromatic N) is 7. The number of aryl methyl sites for hydroxylation is 1. The number of likely N-dealkylation sites (N-methyl/N-ethyl adjacent to an activating group) is 1. The van der Waals surface area contributed by atoms with Gasteiger partial charge in [0, 0.05) is 55.7 Å². The van der Waals surface area contributed by atoms with Crippen LogP contribution in [0.4, 0.5) is 21.8 Å². The molecule has 1 saturated heterocycles. The SMILES string of the molecule is Cc1nccc(Nc2ncc(Cl)c(-c3ccc4c(c3)C(=O)N(C(C)C(=O)NC(C)c3cc(F)cc(N5CCN(C)CC5)c3)C4)n2)n1. The van der Waals surface area contributed by atoms with Crippen molar-refractivity contribution in [3.63, 3.8) is 0 Å². The summed E-state index contributed by atoms with van der Waals surface area (Å²) in [6, 6.07) is 10.8. The molecule has 0 aliphatic carbocycles. The fourth-order valence-electron chi connectivity index (χ4n) is 5.71. The number of carbonyl (C=O) groups is 2. The number of hydrogen-bond donors (Lipinski definition) is 2. The zero-order chi connectivity index (χ0) is 32.5. The van der Waals surface area contributed by atoms with Crippen molar-refractivity contribution in [2.75, 3.05) is 43.4 Å². The highest BCUT2D eigenvalue weighted by atomic mass is 35.5. The first-order chi connectivity index (χ1) is 22.0. The van der Waals surface area contributed by atoms with Gasteiger partial charge < -0.3 is 25.3 Å². The standard InChI is InChI=1S/C33H35ClFN9O2/c1-19(24-13-25(35)16-26(14-24)43-11-9-42(4)10-12-43)38-31(45)20(2)44-18-23-6-5-22(15-27(23)32(44)46)30-28(34)17-37-33(41-30)40-29-7-8-36-21(3)39-29/h5-8,13-17,19-20H,9-12,18H2,1-4H3,(H,38,45)(H,36,37,39,40,41). The minimum atomic E-state index is -0.758. The van der Waals surface area contributed by atoms with Crippen molar-refractivity contribution >= 4 is 40.9 Å². The molecule has 0 radical (unpaired) electrons. The van der Waals surface area contributed by atoms with Crippen LogP contribution in [0, 0.1) is 12.7 Å². The molecule has 13 heteroatoms. The van der Waals surface area contributed by atoms with Gasteiger partial charge in [-0.05, 0) is 69.3 Å². The maximum atomic E-state index is 14.7. The summed E-state index contributed by atoms with van der Waals surface area (Å²) in [6.07, 6.45) is 3.12. The van der Waals surface area contributed by atoms with E-state index < -0.39 is 12.1 Å². The monoisotopic (exact) mass is 643 g/mol. The highest BCUT2D eigenvalue weighted by molar-refractivity contribution is 6.33. The molecule has 2 aliphatic heterocycles. The summed E-state index contributed by atoms with van der Waals surface area (Å²) in [7, 11) is 2.07. The van der Waals surface area contributed by atoms with Gasteiger partial charge in [-0.25, -0.2) is 24.3 Å². The number of hydrogen-bond acceptors (Lipinski definition) is 9. The number of benzene rings is 2. The number of rotatable bonds is 8. The summed E-state index contributed by atoms with van der Waals surface area (Å²) in [6.45, 7) is 8.99. The molecule has 2 amide bonds. The number of anilines is 3. The molecule has 0 saturated carbocycles. The lowest BCUT2D eigenvalue weighted by atomic mass is 10.0. The lowest BCUT2D eigenvalue weighted by molar-refractivity contribution is -0.125. The Bertz CT molecular complexity index is 1800. The topological polar surface area (TPSA) is 119 Å². The van der Waals surface area contributed by atoms with Crippen molar-refractivity contribution < 1.29 is 14.0 Å². The van der Waals surface area contributed by atoms with Crippen LogP contribution in [0.3, 0.4) is 0 Å². The van der Waals surface area contributed by atoms with E-state index in [4.69, 9.17) is 11.6 Å². The number of amides is 2. The zero-order valence-electron chi connectivity index (χ0n) is 26.1. The fraction of sp³-hybridized carbons (Fsp3) is 0.333. The van der Waals surface area contributed by atoms with E-state index in [1.807, 2.05) is 25.1 Å².